The fourth-order valence-corrected chi connectivity index (χ4v) is 2.59. The van der Waals surface area contributed by atoms with Gasteiger partial charge >= 0.3 is 0 Å². The van der Waals surface area contributed by atoms with Crippen LogP contribution in [0.25, 0.3) is 11.0 Å². The second-order valence-electron chi connectivity index (χ2n) is 5.43. The average Bonchev–Trinajstić information content (AvgIpc) is 3.15. The maximum absolute atomic E-state index is 8.99. The highest BCUT2D eigenvalue weighted by atomic mass is 16.6. The molecule has 0 N–H and O–H groups in total. The maximum atomic E-state index is 8.99. The van der Waals surface area contributed by atoms with E-state index in [-0.39, 0.29) is 0 Å². The van der Waals surface area contributed by atoms with Crippen molar-refractivity contribution in [3.05, 3.63) is 72.3 Å². The molecule has 0 saturated carbocycles. The van der Waals surface area contributed by atoms with E-state index in [2.05, 4.69) is 31.3 Å². The van der Waals surface area contributed by atoms with E-state index >= 15 is 0 Å². The molecule has 2 aromatic heterocycles. The third-order valence-corrected chi connectivity index (χ3v) is 3.83. The lowest BCUT2D eigenvalue weighted by Gasteiger charge is -2.24. The fraction of sp³-hybridized carbons (Fsp3) is 0.0556. The Morgan fingerprint density at radius 1 is 0.920 bits per heavy atom. The van der Waals surface area contributed by atoms with Gasteiger partial charge in [0.15, 0.2) is 0 Å². The van der Waals surface area contributed by atoms with Crippen molar-refractivity contribution in [2.75, 3.05) is 4.90 Å². The fourth-order valence-electron chi connectivity index (χ4n) is 2.59. The number of hydrogen-bond acceptors (Lipinski definition) is 7. The molecule has 4 rings (SSSR count). The van der Waals surface area contributed by atoms with Gasteiger partial charge in [-0.15, -0.1) is 0 Å². The Balaban J connectivity index is 1.72. The zero-order valence-corrected chi connectivity index (χ0v) is 13.1. The molecule has 2 heterocycles. The number of nitrogens with zero attached hydrogens (tertiary/aromatic N) is 6. The van der Waals surface area contributed by atoms with E-state index in [0.717, 1.165) is 22.5 Å². The van der Waals surface area contributed by atoms with Crippen molar-refractivity contribution >= 4 is 22.4 Å². The largest absolute Gasteiger partial charge is 0.334 e. The summed E-state index contributed by atoms with van der Waals surface area (Å²) in [6.45, 7) is 0.585. The minimum Gasteiger partial charge on any atom is -0.334 e. The molecule has 25 heavy (non-hydrogen) atoms. The number of rotatable bonds is 4. The summed E-state index contributed by atoms with van der Waals surface area (Å²) in [5, 5.41) is 16.7. The molecule has 0 radical (unpaired) electrons. The van der Waals surface area contributed by atoms with Crippen molar-refractivity contribution in [1.82, 2.24) is 20.3 Å². The van der Waals surface area contributed by atoms with Gasteiger partial charge < -0.3 is 4.90 Å². The summed E-state index contributed by atoms with van der Waals surface area (Å²) in [7, 11) is 0. The predicted octanol–water partition coefficient (Wildman–Crippen LogP) is 3.22. The first-order valence-corrected chi connectivity index (χ1v) is 7.57. The molecule has 0 aliphatic rings. The maximum Gasteiger partial charge on any atom is 0.135 e. The number of nitriles is 1. The van der Waals surface area contributed by atoms with Crippen LogP contribution in [-0.4, -0.2) is 20.3 Å². The van der Waals surface area contributed by atoms with Crippen LogP contribution in [0.15, 0.2) is 65.8 Å². The number of anilines is 2. The van der Waals surface area contributed by atoms with Crippen molar-refractivity contribution in [3.8, 4) is 6.07 Å². The van der Waals surface area contributed by atoms with Crippen molar-refractivity contribution in [2.24, 2.45) is 0 Å². The Morgan fingerprint density at radius 2 is 1.68 bits per heavy atom. The third-order valence-electron chi connectivity index (χ3n) is 3.83. The highest BCUT2D eigenvalue weighted by Gasteiger charge is 2.12. The van der Waals surface area contributed by atoms with Gasteiger partial charge in [0.1, 0.15) is 17.4 Å². The van der Waals surface area contributed by atoms with E-state index in [9.17, 15) is 0 Å². The molecule has 0 unspecified atom stereocenters. The molecule has 0 spiro atoms. The van der Waals surface area contributed by atoms with Crippen LogP contribution >= 0.6 is 0 Å². The van der Waals surface area contributed by atoms with E-state index in [1.54, 1.807) is 24.5 Å². The highest BCUT2D eigenvalue weighted by molar-refractivity contribution is 5.74. The first-order chi connectivity index (χ1) is 12.3. The number of fused-ring (bicyclic) bond motifs is 1. The number of aromatic nitrogens is 4. The highest BCUT2D eigenvalue weighted by Crippen LogP contribution is 2.27. The van der Waals surface area contributed by atoms with E-state index in [4.69, 9.17) is 9.89 Å². The van der Waals surface area contributed by atoms with Gasteiger partial charge in [0.2, 0.25) is 0 Å². The molecule has 7 heteroatoms. The topological polar surface area (TPSA) is 91.7 Å². The van der Waals surface area contributed by atoms with E-state index in [0.29, 0.717) is 17.6 Å². The van der Waals surface area contributed by atoms with Crippen LogP contribution in [0, 0.1) is 11.3 Å². The summed E-state index contributed by atoms with van der Waals surface area (Å²) < 4.78 is 4.76. The quantitative estimate of drug-likeness (QED) is 0.568. The molecule has 120 valence electrons. The summed E-state index contributed by atoms with van der Waals surface area (Å²) in [6.07, 6.45) is 5.00. The second kappa shape index (κ2) is 6.37. The van der Waals surface area contributed by atoms with Gasteiger partial charge in [-0.25, -0.2) is 14.6 Å². The standard InChI is InChI=1S/C18H12N6O/c19-8-13-1-4-15(5-2-13)24(16-9-20-12-21-10-16)11-14-3-6-17-18(7-14)23-25-22-17/h1-7,9-10,12H,11H2. The lowest BCUT2D eigenvalue weighted by molar-refractivity contribution is 0.315. The number of benzene rings is 2. The van der Waals surface area contributed by atoms with E-state index < -0.39 is 0 Å². The molecule has 0 aliphatic carbocycles. The first kappa shape index (κ1) is 14.8. The minimum absolute atomic E-state index is 0.585. The first-order valence-electron chi connectivity index (χ1n) is 7.57. The van der Waals surface area contributed by atoms with Crippen LogP contribution < -0.4 is 4.90 Å². The molecular weight excluding hydrogens is 316 g/mol. The molecular formula is C18H12N6O. The Labute approximate surface area is 143 Å². The minimum atomic E-state index is 0.585. The Morgan fingerprint density at radius 3 is 2.44 bits per heavy atom. The van der Waals surface area contributed by atoms with Crippen LogP contribution in [0.1, 0.15) is 11.1 Å². The summed E-state index contributed by atoms with van der Waals surface area (Å²) in [6, 6.07) is 15.3. The predicted molar refractivity (Wildman–Crippen MR) is 90.8 cm³/mol. The summed E-state index contributed by atoms with van der Waals surface area (Å²) >= 11 is 0. The average molecular weight is 328 g/mol. The lowest BCUT2D eigenvalue weighted by Crippen LogP contribution is -2.16. The normalized spacial score (nSPS) is 10.5. The van der Waals surface area contributed by atoms with Crippen molar-refractivity contribution in [2.45, 2.75) is 6.54 Å². The Kier molecular flexibility index (Phi) is 3.77. The van der Waals surface area contributed by atoms with Gasteiger partial charge in [0.05, 0.1) is 29.7 Å². The SMILES string of the molecule is N#Cc1ccc(N(Cc2ccc3nonc3c2)c2cncnc2)cc1. The summed E-state index contributed by atoms with van der Waals surface area (Å²) in [5.41, 5.74) is 4.87. The Bertz CT molecular complexity index is 1040. The van der Waals surface area contributed by atoms with Gasteiger partial charge in [0.25, 0.3) is 0 Å². The molecule has 4 aromatic rings. The zero-order valence-electron chi connectivity index (χ0n) is 13.1. The molecule has 7 nitrogen and oxygen atoms in total. The molecule has 0 atom stereocenters. The van der Waals surface area contributed by atoms with Crippen molar-refractivity contribution < 1.29 is 4.63 Å². The van der Waals surface area contributed by atoms with Gasteiger partial charge in [-0.1, -0.05) is 6.07 Å². The molecule has 2 aromatic carbocycles. The van der Waals surface area contributed by atoms with Crippen molar-refractivity contribution in [3.63, 3.8) is 0 Å². The third kappa shape index (κ3) is 3.01. The van der Waals surface area contributed by atoms with Crippen LogP contribution in [-0.2, 0) is 6.54 Å². The Hall–Kier alpha value is -3.79. The van der Waals surface area contributed by atoms with Crippen LogP contribution in [0.5, 0.6) is 0 Å². The monoisotopic (exact) mass is 328 g/mol. The summed E-state index contributed by atoms with van der Waals surface area (Å²) in [5.74, 6) is 0. The van der Waals surface area contributed by atoms with E-state index in [1.807, 2.05) is 30.3 Å². The molecule has 0 aliphatic heterocycles. The molecule has 0 fully saturated rings. The van der Waals surface area contributed by atoms with Gasteiger partial charge in [-0.3, -0.25) is 0 Å². The van der Waals surface area contributed by atoms with Gasteiger partial charge in [0, 0.05) is 12.2 Å². The van der Waals surface area contributed by atoms with Crippen molar-refractivity contribution in [1.29, 1.82) is 5.26 Å². The molecule has 0 amide bonds. The lowest BCUT2D eigenvalue weighted by atomic mass is 10.1. The number of hydrogen-bond donors (Lipinski definition) is 0. The zero-order chi connectivity index (χ0) is 17.1. The van der Waals surface area contributed by atoms with E-state index in [1.165, 1.54) is 6.33 Å². The molecule has 0 saturated heterocycles. The molecule has 0 bridgehead atoms. The summed E-state index contributed by atoms with van der Waals surface area (Å²) in [4.78, 5) is 10.3. The van der Waals surface area contributed by atoms with Crippen LogP contribution in [0.2, 0.25) is 0 Å². The smallest absolute Gasteiger partial charge is 0.135 e. The van der Waals surface area contributed by atoms with Gasteiger partial charge in [-0.05, 0) is 52.3 Å². The van der Waals surface area contributed by atoms with Gasteiger partial charge in [-0.2, -0.15) is 5.26 Å². The van der Waals surface area contributed by atoms with Crippen LogP contribution in [0.3, 0.4) is 0 Å². The van der Waals surface area contributed by atoms with Crippen LogP contribution in [0.4, 0.5) is 11.4 Å². The second-order valence-corrected chi connectivity index (χ2v) is 5.43.